The van der Waals surface area contributed by atoms with E-state index in [1.165, 1.54) is 0 Å². The predicted octanol–water partition coefficient (Wildman–Crippen LogP) is 4.73. The van der Waals surface area contributed by atoms with E-state index in [-0.39, 0.29) is 29.5 Å². The molecular formula is C22H34F2N6O5. The molecule has 0 amide bonds. The smallest absolute Gasteiger partial charge is 0.314 e. The van der Waals surface area contributed by atoms with Crippen LogP contribution in [0.25, 0.3) is 0 Å². The average Bonchev–Trinajstić information content (AvgIpc) is 3.28. The molecule has 0 bridgehead atoms. The number of aromatic nitrogens is 6. The van der Waals surface area contributed by atoms with Crippen molar-refractivity contribution in [1.29, 1.82) is 0 Å². The Morgan fingerprint density at radius 3 is 1.46 bits per heavy atom. The van der Waals surface area contributed by atoms with Crippen molar-refractivity contribution in [3.63, 3.8) is 0 Å². The fourth-order valence-electron chi connectivity index (χ4n) is 2.27. The van der Waals surface area contributed by atoms with Crippen LogP contribution in [0.1, 0.15) is 128 Å². The van der Waals surface area contributed by atoms with Crippen LogP contribution in [-0.4, -0.2) is 40.8 Å². The van der Waals surface area contributed by atoms with E-state index in [0.717, 1.165) is 12.8 Å². The zero-order valence-electron chi connectivity index (χ0n) is 21.3. The van der Waals surface area contributed by atoms with Gasteiger partial charge in [0.2, 0.25) is 29.5 Å². The maximum atomic E-state index is 11.8. The quantitative estimate of drug-likeness (QED) is 0.482. The van der Waals surface area contributed by atoms with E-state index >= 15 is 0 Å². The minimum atomic E-state index is -2.67. The maximum absolute atomic E-state index is 11.8. The van der Waals surface area contributed by atoms with Crippen LogP contribution in [0.2, 0.25) is 0 Å². The number of alkyl halides is 2. The Morgan fingerprint density at radius 1 is 0.714 bits per heavy atom. The lowest BCUT2D eigenvalue weighted by Crippen LogP contribution is -2.15. The maximum Gasteiger partial charge on any atom is 0.314 e. The number of hydrogen-bond acceptors (Lipinski definition) is 11. The van der Waals surface area contributed by atoms with E-state index in [1.54, 1.807) is 27.7 Å². The zero-order valence-corrected chi connectivity index (χ0v) is 21.3. The largest absolute Gasteiger partial charge is 0.422 e. The third-order valence-corrected chi connectivity index (χ3v) is 4.65. The van der Waals surface area contributed by atoms with E-state index in [4.69, 9.17) is 8.83 Å². The van der Waals surface area contributed by atoms with Gasteiger partial charge in [-0.15, -0.1) is 30.6 Å². The monoisotopic (exact) mass is 500 g/mol. The van der Waals surface area contributed by atoms with Crippen molar-refractivity contribution in [3.05, 3.63) is 35.3 Å². The van der Waals surface area contributed by atoms with Gasteiger partial charge < -0.3 is 23.5 Å². The molecule has 2 N–H and O–H groups in total. The summed E-state index contributed by atoms with van der Waals surface area (Å²) in [6.45, 7) is 14.7. The fraction of sp³-hybridized carbons (Fsp3) is 0.727. The van der Waals surface area contributed by atoms with Gasteiger partial charge in [-0.1, -0.05) is 41.5 Å². The molecule has 1 aliphatic rings. The third-order valence-electron chi connectivity index (χ3n) is 4.65. The molecule has 11 nitrogen and oxygen atoms in total. The first-order valence-corrected chi connectivity index (χ1v) is 11.4. The molecule has 1 fully saturated rings. The lowest BCUT2D eigenvalue weighted by molar-refractivity contribution is 0.0468. The lowest BCUT2D eigenvalue weighted by Gasteiger charge is -2.10. The third kappa shape index (κ3) is 8.13. The van der Waals surface area contributed by atoms with E-state index in [0.29, 0.717) is 17.7 Å². The molecule has 3 aromatic rings. The van der Waals surface area contributed by atoms with Crippen LogP contribution in [0.4, 0.5) is 8.78 Å². The Labute approximate surface area is 202 Å². The molecule has 13 heteroatoms. The number of nitrogens with zero attached hydrogens (tertiary/aromatic N) is 6. The van der Waals surface area contributed by atoms with Gasteiger partial charge >= 0.3 is 6.43 Å². The summed E-state index contributed by atoms with van der Waals surface area (Å²) in [5.41, 5.74) is -1.83. The van der Waals surface area contributed by atoms with Gasteiger partial charge in [-0.2, -0.15) is 8.78 Å². The number of rotatable bonds is 6. The molecule has 0 aliphatic heterocycles. The van der Waals surface area contributed by atoms with Crippen LogP contribution in [0.5, 0.6) is 0 Å². The molecular weight excluding hydrogens is 466 g/mol. The van der Waals surface area contributed by atoms with E-state index in [1.807, 2.05) is 27.7 Å². The fourth-order valence-corrected chi connectivity index (χ4v) is 2.27. The summed E-state index contributed by atoms with van der Waals surface area (Å²) in [6, 6.07) is 0. The Hall–Kier alpha value is -2.80. The zero-order chi connectivity index (χ0) is 26.6. The average molecular weight is 501 g/mol. The second-order valence-electron chi connectivity index (χ2n) is 9.72. The Bertz CT molecular complexity index is 981. The minimum Gasteiger partial charge on any atom is -0.422 e. The van der Waals surface area contributed by atoms with Gasteiger partial charge in [0.15, 0.2) is 0 Å². The van der Waals surface area contributed by atoms with Crippen molar-refractivity contribution >= 4 is 0 Å². The van der Waals surface area contributed by atoms with Crippen molar-refractivity contribution < 1.29 is 32.2 Å². The van der Waals surface area contributed by atoms with E-state index < -0.39 is 23.5 Å². The van der Waals surface area contributed by atoms with Gasteiger partial charge in [0.1, 0.15) is 11.2 Å². The lowest BCUT2D eigenvalue weighted by atomic mass is 10.1. The van der Waals surface area contributed by atoms with Crippen LogP contribution in [0.15, 0.2) is 13.3 Å². The minimum absolute atomic E-state index is 0.00463. The molecule has 35 heavy (non-hydrogen) atoms. The number of halogens is 2. The highest BCUT2D eigenvalue weighted by atomic mass is 19.3. The van der Waals surface area contributed by atoms with Gasteiger partial charge in [0.25, 0.3) is 5.89 Å². The summed E-state index contributed by atoms with van der Waals surface area (Å²) in [6.07, 6.45) is -1.19. The summed E-state index contributed by atoms with van der Waals surface area (Å²) in [4.78, 5) is 0. The van der Waals surface area contributed by atoms with Gasteiger partial charge in [0.05, 0.1) is 0 Å². The highest BCUT2D eigenvalue weighted by Gasteiger charge is 2.47. The molecule has 0 atom stereocenters. The number of aliphatic hydroxyl groups is 2. The van der Waals surface area contributed by atoms with Gasteiger partial charge in [-0.25, -0.2) is 0 Å². The molecule has 0 radical (unpaired) electrons. The van der Waals surface area contributed by atoms with Gasteiger partial charge in [0, 0.05) is 17.8 Å². The SMILES string of the molecule is CC(C)c1nnc(C(C)(C)O)o1.CC(C)c1nnc(C(F)F)o1.CC(C)c1nnc(C2(O)CC2)o1. The topological polar surface area (TPSA) is 157 Å². The van der Waals surface area contributed by atoms with Crippen LogP contribution >= 0.6 is 0 Å². The van der Waals surface area contributed by atoms with Crippen molar-refractivity contribution in [3.8, 4) is 0 Å². The molecule has 0 aromatic carbocycles. The van der Waals surface area contributed by atoms with Crippen molar-refractivity contribution in [2.75, 3.05) is 0 Å². The molecule has 0 spiro atoms. The molecule has 3 aromatic heterocycles. The van der Waals surface area contributed by atoms with Crippen LogP contribution in [-0.2, 0) is 11.2 Å². The molecule has 0 unspecified atom stereocenters. The first-order chi connectivity index (χ1) is 16.1. The normalized spacial score (nSPS) is 14.7. The number of hydrogen-bond donors (Lipinski definition) is 2. The first-order valence-electron chi connectivity index (χ1n) is 11.4. The van der Waals surface area contributed by atoms with Gasteiger partial charge in [-0.05, 0) is 26.7 Å². The Balaban J connectivity index is 0.000000185. The molecule has 0 saturated heterocycles. The highest BCUT2D eigenvalue weighted by molar-refractivity contribution is 5.07. The Morgan fingerprint density at radius 2 is 1.14 bits per heavy atom. The summed E-state index contributed by atoms with van der Waals surface area (Å²) >= 11 is 0. The van der Waals surface area contributed by atoms with Gasteiger partial charge in [-0.3, -0.25) is 0 Å². The first kappa shape index (κ1) is 28.4. The standard InChI is InChI=1S/C8H12N2O2.C8H14N2O2.C6H8F2N2O/c1-5(2)6-9-10-7(12-6)8(11)3-4-8;1-5(2)6-9-10-7(12-6)8(3,4)11;1-3(2)5-9-10-6(11-5)4(7)8/h5,11H,3-4H2,1-2H3;5,11H,1-4H3;3-4H,1-2H3. The van der Waals surface area contributed by atoms with Crippen LogP contribution < -0.4 is 0 Å². The van der Waals surface area contributed by atoms with Crippen molar-refractivity contribution in [2.45, 2.75) is 104 Å². The predicted molar refractivity (Wildman–Crippen MR) is 118 cm³/mol. The molecule has 4 rings (SSSR count). The molecule has 196 valence electrons. The highest BCUT2D eigenvalue weighted by Crippen LogP contribution is 2.44. The van der Waals surface area contributed by atoms with Crippen LogP contribution in [0, 0.1) is 0 Å². The summed E-state index contributed by atoms with van der Waals surface area (Å²) in [5, 5.41) is 40.9. The van der Waals surface area contributed by atoms with Crippen molar-refractivity contribution in [2.24, 2.45) is 0 Å². The van der Waals surface area contributed by atoms with Crippen molar-refractivity contribution in [1.82, 2.24) is 30.6 Å². The second kappa shape index (κ2) is 11.3. The van der Waals surface area contributed by atoms with Crippen LogP contribution in [0.3, 0.4) is 0 Å². The molecule has 3 heterocycles. The summed E-state index contributed by atoms with van der Waals surface area (Å²) in [7, 11) is 0. The molecule has 1 aliphatic carbocycles. The van der Waals surface area contributed by atoms with E-state index in [2.05, 4.69) is 35.0 Å². The second-order valence-corrected chi connectivity index (χ2v) is 9.72. The molecule has 1 saturated carbocycles. The summed E-state index contributed by atoms with van der Waals surface area (Å²) in [5.74, 6) is 1.89. The summed E-state index contributed by atoms with van der Waals surface area (Å²) < 4.78 is 38.9. The van der Waals surface area contributed by atoms with E-state index in [9.17, 15) is 19.0 Å². The Kier molecular flexibility index (Phi) is 9.17.